The Morgan fingerprint density at radius 3 is 2.75 bits per heavy atom. The molecular formula is C15H12ClN5O3. The number of aromatic nitrogens is 3. The van der Waals surface area contributed by atoms with Gasteiger partial charge in [0.1, 0.15) is 11.4 Å². The molecule has 0 bridgehead atoms. The maximum atomic E-state index is 12.1. The first-order valence-electron chi connectivity index (χ1n) is 6.83. The predicted molar refractivity (Wildman–Crippen MR) is 88.4 cm³/mol. The topological polar surface area (TPSA) is 97.6 Å². The van der Waals surface area contributed by atoms with Crippen molar-refractivity contribution in [1.82, 2.24) is 14.6 Å². The molecule has 0 saturated carbocycles. The standard InChI is InChI=1S/C15H12ClN5O3/c1-24-14(22)12-10-4-2-3-7-21(10)20-13(12)19-15(23)18-11-6-5-9(16)8-17-11/h2-8H,1H3,(H2,17,18,19,20,23). The van der Waals surface area contributed by atoms with E-state index in [1.165, 1.54) is 17.8 Å². The van der Waals surface area contributed by atoms with E-state index < -0.39 is 12.0 Å². The van der Waals surface area contributed by atoms with Gasteiger partial charge in [-0.05, 0) is 24.3 Å². The molecule has 0 spiro atoms. The number of nitrogens with one attached hydrogen (secondary N) is 2. The van der Waals surface area contributed by atoms with Crippen LogP contribution in [0.5, 0.6) is 0 Å². The molecule has 3 aromatic rings. The Morgan fingerprint density at radius 1 is 1.21 bits per heavy atom. The maximum absolute atomic E-state index is 12.1. The molecule has 0 aliphatic heterocycles. The van der Waals surface area contributed by atoms with Gasteiger partial charge in [0.25, 0.3) is 0 Å². The Labute approximate surface area is 141 Å². The van der Waals surface area contributed by atoms with Crippen LogP contribution < -0.4 is 10.6 Å². The van der Waals surface area contributed by atoms with Crippen LogP contribution in [0.3, 0.4) is 0 Å². The third-order valence-corrected chi connectivity index (χ3v) is 3.35. The Hall–Kier alpha value is -3.13. The summed E-state index contributed by atoms with van der Waals surface area (Å²) in [6.45, 7) is 0. The number of anilines is 2. The second kappa shape index (κ2) is 6.55. The molecule has 24 heavy (non-hydrogen) atoms. The summed E-state index contributed by atoms with van der Waals surface area (Å²) < 4.78 is 6.24. The molecule has 3 aromatic heterocycles. The van der Waals surface area contributed by atoms with Gasteiger partial charge in [-0.2, -0.15) is 0 Å². The van der Waals surface area contributed by atoms with Crippen molar-refractivity contribution in [2.45, 2.75) is 0 Å². The fourth-order valence-corrected chi connectivity index (χ4v) is 2.21. The van der Waals surface area contributed by atoms with E-state index in [2.05, 4.69) is 20.7 Å². The Morgan fingerprint density at radius 2 is 2.04 bits per heavy atom. The zero-order chi connectivity index (χ0) is 17.1. The minimum atomic E-state index is -0.601. The second-order valence-corrected chi connectivity index (χ2v) is 5.12. The molecule has 3 heterocycles. The van der Waals surface area contributed by atoms with E-state index in [9.17, 15) is 9.59 Å². The molecule has 2 N–H and O–H groups in total. The number of nitrogens with zero attached hydrogens (tertiary/aromatic N) is 3. The molecule has 2 amide bonds. The summed E-state index contributed by atoms with van der Waals surface area (Å²) in [7, 11) is 1.26. The molecule has 122 valence electrons. The number of rotatable bonds is 3. The molecule has 0 unspecified atom stereocenters. The molecule has 0 fully saturated rings. The predicted octanol–water partition coefficient (Wildman–Crippen LogP) is 2.81. The van der Waals surface area contributed by atoms with Gasteiger partial charge in [-0.25, -0.2) is 19.1 Å². The zero-order valence-electron chi connectivity index (χ0n) is 12.5. The fraction of sp³-hybridized carbons (Fsp3) is 0.0667. The lowest BCUT2D eigenvalue weighted by Crippen LogP contribution is -2.21. The number of pyridine rings is 2. The number of amides is 2. The van der Waals surface area contributed by atoms with Gasteiger partial charge in [0.2, 0.25) is 0 Å². The van der Waals surface area contributed by atoms with Crippen molar-refractivity contribution in [2.24, 2.45) is 0 Å². The highest BCUT2D eigenvalue weighted by Gasteiger charge is 2.21. The number of halogens is 1. The molecule has 0 saturated heterocycles. The van der Waals surface area contributed by atoms with Crippen molar-refractivity contribution in [2.75, 3.05) is 17.7 Å². The van der Waals surface area contributed by atoms with Gasteiger partial charge >= 0.3 is 12.0 Å². The zero-order valence-corrected chi connectivity index (χ0v) is 13.2. The molecular weight excluding hydrogens is 334 g/mol. The van der Waals surface area contributed by atoms with Crippen molar-refractivity contribution in [3.05, 3.63) is 53.3 Å². The van der Waals surface area contributed by atoms with Crippen LogP contribution in [0.1, 0.15) is 10.4 Å². The number of carbonyl (C=O) groups is 2. The van der Waals surface area contributed by atoms with Gasteiger partial charge in [0.05, 0.1) is 17.6 Å². The third-order valence-electron chi connectivity index (χ3n) is 3.13. The summed E-state index contributed by atoms with van der Waals surface area (Å²) in [5.41, 5.74) is 0.682. The van der Waals surface area contributed by atoms with Crippen LogP contribution >= 0.6 is 11.6 Å². The SMILES string of the molecule is COC(=O)c1c(NC(=O)Nc2ccc(Cl)cn2)nn2ccccc12. The second-order valence-electron chi connectivity index (χ2n) is 4.69. The molecule has 0 atom stereocenters. The lowest BCUT2D eigenvalue weighted by molar-refractivity contribution is 0.0604. The first-order chi connectivity index (χ1) is 11.6. The van der Waals surface area contributed by atoms with Crippen LogP contribution in [-0.2, 0) is 4.74 Å². The number of hydrogen-bond acceptors (Lipinski definition) is 5. The lowest BCUT2D eigenvalue weighted by atomic mass is 10.2. The highest BCUT2D eigenvalue weighted by atomic mass is 35.5. The van der Waals surface area contributed by atoms with Gasteiger partial charge in [-0.15, -0.1) is 5.10 Å². The summed E-state index contributed by atoms with van der Waals surface area (Å²) in [5, 5.41) is 9.68. The van der Waals surface area contributed by atoms with E-state index in [-0.39, 0.29) is 11.4 Å². The van der Waals surface area contributed by atoms with Crippen molar-refractivity contribution in [3.63, 3.8) is 0 Å². The molecule has 0 aromatic carbocycles. The number of urea groups is 1. The van der Waals surface area contributed by atoms with E-state index in [4.69, 9.17) is 16.3 Å². The lowest BCUT2D eigenvalue weighted by Gasteiger charge is -2.06. The Balaban J connectivity index is 1.87. The van der Waals surface area contributed by atoms with Crippen LogP contribution in [0.2, 0.25) is 5.02 Å². The molecule has 9 heteroatoms. The van der Waals surface area contributed by atoms with Gasteiger partial charge < -0.3 is 4.74 Å². The Kier molecular flexibility index (Phi) is 4.30. The normalized spacial score (nSPS) is 10.4. The van der Waals surface area contributed by atoms with Crippen LogP contribution in [0, 0.1) is 0 Å². The number of methoxy groups -OCH3 is 1. The highest BCUT2D eigenvalue weighted by molar-refractivity contribution is 6.30. The smallest absolute Gasteiger partial charge is 0.343 e. The molecule has 3 rings (SSSR count). The monoisotopic (exact) mass is 345 g/mol. The third kappa shape index (κ3) is 3.13. The molecule has 8 nitrogen and oxygen atoms in total. The van der Waals surface area contributed by atoms with E-state index in [0.29, 0.717) is 16.4 Å². The average molecular weight is 346 g/mol. The number of carbonyl (C=O) groups excluding carboxylic acids is 2. The summed E-state index contributed by atoms with van der Waals surface area (Å²) in [4.78, 5) is 28.1. The van der Waals surface area contributed by atoms with Gasteiger partial charge in [0.15, 0.2) is 5.82 Å². The summed E-state index contributed by atoms with van der Waals surface area (Å²) >= 11 is 5.74. The summed E-state index contributed by atoms with van der Waals surface area (Å²) in [6, 6.07) is 7.75. The average Bonchev–Trinajstić information content (AvgIpc) is 2.94. The summed E-state index contributed by atoms with van der Waals surface area (Å²) in [5.74, 6) is -0.212. The van der Waals surface area contributed by atoms with Gasteiger partial charge in [-0.3, -0.25) is 10.6 Å². The number of fused-ring (bicyclic) bond motifs is 1. The van der Waals surface area contributed by atoms with E-state index in [1.807, 2.05) is 0 Å². The van der Waals surface area contributed by atoms with Crippen LogP contribution in [-0.4, -0.2) is 33.7 Å². The maximum Gasteiger partial charge on any atom is 0.343 e. The first-order valence-corrected chi connectivity index (χ1v) is 7.21. The number of hydrogen-bond donors (Lipinski definition) is 2. The van der Waals surface area contributed by atoms with E-state index in [0.717, 1.165) is 0 Å². The van der Waals surface area contributed by atoms with Gasteiger partial charge in [-0.1, -0.05) is 17.7 Å². The van der Waals surface area contributed by atoms with Crippen LogP contribution in [0.25, 0.3) is 5.52 Å². The fourth-order valence-electron chi connectivity index (χ4n) is 2.09. The number of esters is 1. The number of ether oxygens (including phenoxy) is 1. The van der Waals surface area contributed by atoms with E-state index in [1.54, 1.807) is 36.5 Å². The Bertz CT molecular complexity index is 907. The quantitative estimate of drug-likeness (QED) is 0.711. The van der Waals surface area contributed by atoms with Crippen molar-refractivity contribution in [1.29, 1.82) is 0 Å². The van der Waals surface area contributed by atoms with Crippen LogP contribution in [0.4, 0.5) is 16.4 Å². The van der Waals surface area contributed by atoms with E-state index >= 15 is 0 Å². The van der Waals surface area contributed by atoms with Crippen LogP contribution in [0.15, 0.2) is 42.7 Å². The van der Waals surface area contributed by atoms with Crippen molar-refractivity contribution in [3.8, 4) is 0 Å². The molecule has 0 aliphatic carbocycles. The largest absolute Gasteiger partial charge is 0.465 e. The highest BCUT2D eigenvalue weighted by Crippen LogP contribution is 2.21. The minimum absolute atomic E-state index is 0.0829. The minimum Gasteiger partial charge on any atom is -0.465 e. The van der Waals surface area contributed by atoms with Gasteiger partial charge in [0, 0.05) is 12.4 Å². The molecule has 0 aliphatic rings. The molecule has 0 radical (unpaired) electrons. The first kappa shape index (κ1) is 15.8. The van der Waals surface area contributed by atoms with Crippen molar-refractivity contribution >= 4 is 40.8 Å². The van der Waals surface area contributed by atoms with Crippen molar-refractivity contribution < 1.29 is 14.3 Å². The summed E-state index contributed by atoms with van der Waals surface area (Å²) in [6.07, 6.45) is 3.06.